The molecule has 0 bridgehead atoms. The first kappa shape index (κ1) is 35.8. The molecule has 10 nitrogen and oxygen atoms in total. The molecule has 4 atom stereocenters. The standard InChI is InChI=1S/C32H43F3N4O6/c1-21-18-39(22(2)20-40)31(43)26-17-25(37-29(41)10-13-32(33,34)35)8-9-27(26)45-23(3)7-5-6-16-44-28(21)19-38(4)30(42)24-11-14-36-15-12-24/h8-9,11-12,14-15,17,21-23,28,40H,5-7,10,13,16,18-20H2,1-4H3,(H,37,41)/t21-,22-,23+,28-/m1/s1. The number of aromatic nitrogens is 1. The van der Waals surface area contributed by atoms with Crippen molar-refractivity contribution in [2.75, 3.05) is 38.7 Å². The Labute approximate surface area is 261 Å². The van der Waals surface area contributed by atoms with Crippen LogP contribution in [0, 0.1) is 5.92 Å². The van der Waals surface area contributed by atoms with Crippen LogP contribution < -0.4 is 10.1 Å². The molecular weight excluding hydrogens is 593 g/mol. The number of nitrogens with zero attached hydrogens (tertiary/aromatic N) is 3. The average molecular weight is 637 g/mol. The molecule has 3 rings (SSSR count). The van der Waals surface area contributed by atoms with Crippen molar-refractivity contribution >= 4 is 23.4 Å². The summed E-state index contributed by atoms with van der Waals surface area (Å²) in [6.45, 7) is 5.96. The van der Waals surface area contributed by atoms with E-state index in [9.17, 15) is 32.7 Å². The van der Waals surface area contributed by atoms with E-state index < -0.39 is 43.0 Å². The molecule has 2 aromatic rings. The van der Waals surface area contributed by atoms with Crippen LogP contribution in [0.1, 0.15) is 73.6 Å². The highest BCUT2D eigenvalue weighted by molar-refractivity contribution is 5.99. The Balaban J connectivity index is 1.91. The van der Waals surface area contributed by atoms with Gasteiger partial charge in [0.05, 0.1) is 36.8 Å². The van der Waals surface area contributed by atoms with E-state index in [1.807, 2.05) is 13.8 Å². The fraction of sp³-hybridized carbons (Fsp3) is 0.562. The Morgan fingerprint density at radius 1 is 1.18 bits per heavy atom. The van der Waals surface area contributed by atoms with Crippen LogP contribution in [0.15, 0.2) is 42.7 Å². The normalized spacial score (nSPS) is 20.8. The molecule has 0 saturated heterocycles. The summed E-state index contributed by atoms with van der Waals surface area (Å²) in [7, 11) is 1.68. The van der Waals surface area contributed by atoms with Gasteiger partial charge in [-0.25, -0.2) is 0 Å². The molecule has 0 aliphatic carbocycles. The minimum atomic E-state index is -4.48. The number of aliphatic hydroxyl groups excluding tert-OH is 1. The van der Waals surface area contributed by atoms with Gasteiger partial charge in [0, 0.05) is 62.7 Å². The molecule has 2 N–H and O–H groups in total. The van der Waals surface area contributed by atoms with E-state index in [-0.39, 0.29) is 54.6 Å². The van der Waals surface area contributed by atoms with Gasteiger partial charge in [0.2, 0.25) is 5.91 Å². The molecule has 45 heavy (non-hydrogen) atoms. The molecule has 0 fully saturated rings. The van der Waals surface area contributed by atoms with Crippen molar-refractivity contribution in [1.82, 2.24) is 14.8 Å². The highest BCUT2D eigenvalue weighted by atomic mass is 19.4. The number of alkyl halides is 3. The van der Waals surface area contributed by atoms with Crippen LogP contribution in [0.3, 0.4) is 0 Å². The number of ether oxygens (including phenoxy) is 2. The lowest BCUT2D eigenvalue weighted by Crippen LogP contribution is -2.48. The SMILES string of the molecule is C[C@@H]1CN([C@H](C)CO)C(=O)c2cc(NC(=O)CCC(F)(F)F)ccc2O[C@@H](C)CCCCO[C@@H]1CN(C)C(=O)c1ccncc1. The predicted octanol–water partition coefficient (Wildman–Crippen LogP) is 4.93. The number of pyridine rings is 1. The van der Waals surface area contributed by atoms with Crippen LogP contribution >= 0.6 is 0 Å². The largest absolute Gasteiger partial charge is 0.490 e. The zero-order valence-corrected chi connectivity index (χ0v) is 26.2. The lowest BCUT2D eigenvalue weighted by atomic mass is 10.0. The van der Waals surface area contributed by atoms with Gasteiger partial charge in [-0.2, -0.15) is 13.2 Å². The van der Waals surface area contributed by atoms with Crippen molar-refractivity contribution in [2.24, 2.45) is 5.92 Å². The molecule has 1 aliphatic rings. The van der Waals surface area contributed by atoms with Gasteiger partial charge in [-0.05, 0) is 63.4 Å². The minimum absolute atomic E-state index is 0.0995. The van der Waals surface area contributed by atoms with Crippen LogP contribution in [-0.4, -0.2) is 95.4 Å². The third kappa shape index (κ3) is 11.0. The van der Waals surface area contributed by atoms with Crippen LogP contribution in [0.25, 0.3) is 0 Å². The van der Waals surface area contributed by atoms with Crippen LogP contribution in [0.4, 0.5) is 18.9 Å². The van der Waals surface area contributed by atoms with E-state index in [1.54, 1.807) is 43.4 Å². The summed E-state index contributed by atoms with van der Waals surface area (Å²) in [4.78, 5) is 46.5. The highest BCUT2D eigenvalue weighted by Crippen LogP contribution is 2.29. The van der Waals surface area contributed by atoms with E-state index in [0.717, 1.165) is 12.8 Å². The number of fused-ring (bicyclic) bond motifs is 1. The van der Waals surface area contributed by atoms with Gasteiger partial charge in [-0.3, -0.25) is 19.4 Å². The smallest absolute Gasteiger partial charge is 0.389 e. The maximum atomic E-state index is 14.1. The van der Waals surface area contributed by atoms with E-state index in [4.69, 9.17) is 9.47 Å². The maximum absolute atomic E-state index is 14.1. The molecule has 248 valence electrons. The van der Waals surface area contributed by atoms with Gasteiger partial charge >= 0.3 is 6.18 Å². The molecule has 1 aromatic carbocycles. The molecule has 1 aliphatic heterocycles. The Morgan fingerprint density at radius 3 is 2.56 bits per heavy atom. The van der Waals surface area contributed by atoms with Crippen molar-refractivity contribution in [3.05, 3.63) is 53.9 Å². The van der Waals surface area contributed by atoms with Gasteiger partial charge < -0.3 is 29.7 Å². The highest BCUT2D eigenvalue weighted by Gasteiger charge is 2.32. The Hall–Kier alpha value is -3.71. The van der Waals surface area contributed by atoms with Gasteiger partial charge in [0.25, 0.3) is 11.8 Å². The topological polar surface area (TPSA) is 121 Å². The summed E-state index contributed by atoms with van der Waals surface area (Å²) in [6.07, 6.45) is -1.97. The summed E-state index contributed by atoms with van der Waals surface area (Å²) >= 11 is 0. The summed E-state index contributed by atoms with van der Waals surface area (Å²) in [6, 6.07) is 7.03. The van der Waals surface area contributed by atoms with Gasteiger partial charge in [-0.1, -0.05) is 6.92 Å². The molecule has 13 heteroatoms. The van der Waals surface area contributed by atoms with Crippen LogP contribution in [0.2, 0.25) is 0 Å². The Bertz CT molecular complexity index is 1280. The number of carbonyl (C=O) groups excluding carboxylic acids is 3. The number of rotatable bonds is 8. The summed E-state index contributed by atoms with van der Waals surface area (Å²) in [5.74, 6) is -1.55. The first-order chi connectivity index (χ1) is 21.3. The molecule has 3 amide bonds. The lowest BCUT2D eigenvalue weighted by Gasteiger charge is -2.36. The molecule has 1 aromatic heterocycles. The van der Waals surface area contributed by atoms with Gasteiger partial charge in [-0.15, -0.1) is 0 Å². The maximum Gasteiger partial charge on any atom is 0.389 e. The van der Waals surface area contributed by atoms with E-state index in [2.05, 4.69) is 10.3 Å². The molecule has 0 spiro atoms. The fourth-order valence-electron chi connectivity index (χ4n) is 5.01. The monoisotopic (exact) mass is 636 g/mol. The van der Waals surface area contributed by atoms with Crippen molar-refractivity contribution in [3.8, 4) is 5.75 Å². The van der Waals surface area contributed by atoms with Gasteiger partial charge in [0.1, 0.15) is 5.75 Å². The zero-order chi connectivity index (χ0) is 33.1. The number of likely N-dealkylation sites (N-methyl/N-ethyl adjacent to an activating group) is 1. The van der Waals surface area contributed by atoms with Crippen molar-refractivity contribution in [1.29, 1.82) is 0 Å². The summed E-state index contributed by atoms with van der Waals surface area (Å²) < 4.78 is 50.3. The average Bonchev–Trinajstić information content (AvgIpc) is 3.01. The lowest BCUT2D eigenvalue weighted by molar-refractivity contribution is -0.142. The molecule has 0 unspecified atom stereocenters. The Morgan fingerprint density at radius 2 is 1.89 bits per heavy atom. The quantitative estimate of drug-likeness (QED) is 0.422. The molecular formula is C32H43F3N4O6. The summed E-state index contributed by atoms with van der Waals surface area (Å²) in [5, 5.41) is 12.5. The van der Waals surface area contributed by atoms with E-state index in [0.29, 0.717) is 18.6 Å². The Kier molecular flexibility index (Phi) is 13.2. The van der Waals surface area contributed by atoms with Crippen molar-refractivity contribution in [3.63, 3.8) is 0 Å². The number of benzene rings is 1. The number of halogens is 3. The van der Waals surface area contributed by atoms with Gasteiger partial charge in [0.15, 0.2) is 0 Å². The number of hydrogen-bond acceptors (Lipinski definition) is 7. The number of anilines is 1. The number of amides is 3. The first-order valence-corrected chi connectivity index (χ1v) is 15.1. The molecule has 0 radical (unpaired) electrons. The number of carbonyl (C=O) groups is 3. The molecule has 0 saturated carbocycles. The molecule has 2 heterocycles. The zero-order valence-electron chi connectivity index (χ0n) is 26.2. The second-order valence-electron chi connectivity index (χ2n) is 11.6. The minimum Gasteiger partial charge on any atom is -0.490 e. The second kappa shape index (κ2) is 16.6. The predicted molar refractivity (Wildman–Crippen MR) is 162 cm³/mol. The summed E-state index contributed by atoms with van der Waals surface area (Å²) in [5.41, 5.74) is 0.731. The third-order valence-corrected chi connectivity index (χ3v) is 7.70. The number of aliphatic hydroxyl groups is 1. The number of hydrogen-bond donors (Lipinski definition) is 2. The van der Waals surface area contributed by atoms with E-state index in [1.165, 1.54) is 23.1 Å². The van der Waals surface area contributed by atoms with Crippen molar-refractivity contribution < 1.29 is 42.1 Å². The first-order valence-electron chi connectivity index (χ1n) is 15.1. The van der Waals surface area contributed by atoms with Crippen molar-refractivity contribution in [2.45, 2.75) is 77.3 Å². The number of nitrogens with one attached hydrogen (secondary N) is 1. The fourth-order valence-corrected chi connectivity index (χ4v) is 5.01. The van der Waals surface area contributed by atoms with Crippen LogP contribution in [0.5, 0.6) is 5.75 Å². The van der Waals surface area contributed by atoms with E-state index >= 15 is 0 Å². The second-order valence-corrected chi connectivity index (χ2v) is 11.6. The van der Waals surface area contributed by atoms with Crippen LogP contribution in [-0.2, 0) is 9.53 Å². The third-order valence-electron chi connectivity index (χ3n) is 7.70.